The van der Waals surface area contributed by atoms with Gasteiger partial charge in [0.25, 0.3) is 0 Å². The van der Waals surface area contributed by atoms with E-state index in [0.717, 1.165) is 12.8 Å². The number of amides is 1. The van der Waals surface area contributed by atoms with Crippen LogP contribution in [0.4, 0.5) is 0 Å². The van der Waals surface area contributed by atoms with Crippen molar-refractivity contribution in [3.8, 4) is 0 Å². The molecule has 1 amide bonds. The van der Waals surface area contributed by atoms with Crippen LogP contribution in [0.15, 0.2) is 10.6 Å². The minimum absolute atomic E-state index is 0.0583. The molecule has 1 rings (SSSR count). The van der Waals surface area contributed by atoms with Gasteiger partial charge in [0.2, 0.25) is 5.91 Å². The Balaban J connectivity index is 2.36. The molecule has 0 bridgehead atoms. The van der Waals surface area contributed by atoms with Crippen molar-refractivity contribution >= 4 is 29.1 Å². The molecule has 4 nitrogen and oxygen atoms in total. The monoisotopic (exact) mass is 281 g/mol. The largest absolute Gasteiger partial charge is 0.396 e. The van der Waals surface area contributed by atoms with Crippen molar-refractivity contribution in [2.24, 2.45) is 5.41 Å². The number of carbonyl (C=O) groups is 1. The molecule has 0 aromatic heterocycles. The number of nitrogens with one attached hydrogen (secondary N) is 1. The summed E-state index contributed by atoms with van der Waals surface area (Å²) in [7, 11) is 0. The molecule has 0 aliphatic carbocycles. The highest BCUT2D eigenvalue weighted by molar-refractivity contribution is 6.55. The molecule has 98 valence electrons. The summed E-state index contributed by atoms with van der Waals surface area (Å²) in [4.78, 5) is 11.5. The van der Waals surface area contributed by atoms with E-state index in [1.54, 1.807) is 0 Å². The van der Waals surface area contributed by atoms with Gasteiger partial charge in [0.05, 0.1) is 6.61 Å². The molecule has 0 saturated carbocycles. The normalized spacial score (nSPS) is 18.5. The van der Waals surface area contributed by atoms with E-state index in [2.05, 4.69) is 5.32 Å². The molecule has 1 fully saturated rings. The number of aliphatic hydroxyl groups is 1. The van der Waals surface area contributed by atoms with Crippen LogP contribution >= 0.6 is 23.2 Å². The highest BCUT2D eigenvalue weighted by Gasteiger charge is 2.32. The van der Waals surface area contributed by atoms with Crippen LogP contribution in [-0.4, -0.2) is 37.4 Å². The van der Waals surface area contributed by atoms with Crippen LogP contribution in [0.1, 0.15) is 19.3 Å². The molecule has 1 saturated heterocycles. The second-order valence-electron chi connectivity index (χ2n) is 4.25. The Hall–Kier alpha value is -0.290. The molecule has 0 aromatic rings. The van der Waals surface area contributed by atoms with E-state index in [1.807, 2.05) is 0 Å². The van der Waals surface area contributed by atoms with Crippen molar-refractivity contribution in [1.29, 1.82) is 0 Å². The van der Waals surface area contributed by atoms with Gasteiger partial charge in [0, 0.05) is 31.6 Å². The molecule has 17 heavy (non-hydrogen) atoms. The van der Waals surface area contributed by atoms with Crippen molar-refractivity contribution in [2.75, 3.05) is 26.4 Å². The zero-order valence-corrected chi connectivity index (χ0v) is 11.1. The van der Waals surface area contributed by atoms with Gasteiger partial charge in [-0.15, -0.1) is 0 Å². The zero-order valence-electron chi connectivity index (χ0n) is 9.55. The molecular weight excluding hydrogens is 265 g/mol. The SMILES string of the molecule is O=C(CC=C(Cl)Cl)NCC1(CO)CCOCC1. The minimum atomic E-state index is -0.248. The molecule has 6 heteroatoms. The molecule has 0 atom stereocenters. The van der Waals surface area contributed by atoms with Crippen molar-refractivity contribution in [3.63, 3.8) is 0 Å². The first-order valence-electron chi connectivity index (χ1n) is 5.54. The average molecular weight is 282 g/mol. The molecule has 0 radical (unpaired) electrons. The topological polar surface area (TPSA) is 58.6 Å². The van der Waals surface area contributed by atoms with Gasteiger partial charge < -0.3 is 15.2 Å². The summed E-state index contributed by atoms with van der Waals surface area (Å²) >= 11 is 10.8. The van der Waals surface area contributed by atoms with Crippen LogP contribution < -0.4 is 5.32 Å². The fourth-order valence-electron chi connectivity index (χ4n) is 1.72. The van der Waals surface area contributed by atoms with Gasteiger partial charge in [-0.1, -0.05) is 23.2 Å². The van der Waals surface area contributed by atoms with Crippen molar-refractivity contribution in [3.05, 3.63) is 10.6 Å². The van der Waals surface area contributed by atoms with Gasteiger partial charge in [-0.05, 0) is 18.9 Å². The predicted molar refractivity (Wildman–Crippen MR) is 67.0 cm³/mol. The smallest absolute Gasteiger partial charge is 0.223 e. The minimum Gasteiger partial charge on any atom is -0.396 e. The van der Waals surface area contributed by atoms with E-state index >= 15 is 0 Å². The lowest BCUT2D eigenvalue weighted by Gasteiger charge is -2.35. The first kappa shape index (κ1) is 14.8. The predicted octanol–water partition coefficient (Wildman–Crippen LogP) is 1.60. The number of ether oxygens (including phenoxy) is 1. The summed E-state index contributed by atoms with van der Waals surface area (Å²) in [5.74, 6) is -0.150. The van der Waals surface area contributed by atoms with E-state index in [-0.39, 0.29) is 28.8 Å². The van der Waals surface area contributed by atoms with Crippen LogP contribution in [0, 0.1) is 5.41 Å². The van der Waals surface area contributed by atoms with Gasteiger partial charge in [-0.3, -0.25) is 4.79 Å². The quantitative estimate of drug-likeness (QED) is 0.805. The maximum atomic E-state index is 11.5. The van der Waals surface area contributed by atoms with E-state index in [1.165, 1.54) is 6.08 Å². The summed E-state index contributed by atoms with van der Waals surface area (Å²) in [6.07, 6.45) is 3.11. The third kappa shape index (κ3) is 5.25. The van der Waals surface area contributed by atoms with Gasteiger partial charge >= 0.3 is 0 Å². The van der Waals surface area contributed by atoms with E-state index in [0.29, 0.717) is 19.8 Å². The van der Waals surface area contributed by atoms with Gasteiger partial charge in [0.1, 0.15) is 4.49 Å². The molecule has 0 spiro atoms. The van der Waals surface area contributed by atoms with Crippen molar-refractivity contribution in [1.82, 2.24) is 5.32 Å². The van der Waals surface area contributed by atoms with Crippen molar-refractivity contribution in [2.45, 2.75) is 19.3 Å². The fourth-order valence-corrected chi connectivity index (χ4v) is 1.88. The van der Waals surface area contributed by atoms with Crippen LogP contribution in [0.3, 0.4) is 0 Å². The maximum absolute atomic E-state index is 11.5. The molecule has 2 N–H and O–H groups in total. The summed E-state index contributed by atoms with van der Waals surface area (Å²) < 4.78 is 5.33. The average Bonchev–Trinajstić information content (AvgIpc) is 2.35. The number of rotatable bonds is 5. The lowest BCUT2D eigenvalue weighted by atomic mass is 9.81. The lowest BCUT2D eigenvalue weighted by molar-refractivity contribution is -0.121. The molecule has 0 unspecified atom stereocenters. The number of aliphatic hydroxyl groups excluding tert-OH is 1. The van der Waals surface area contributed by atoms with Crippen molar-refractivity contribution < 1.29 is 14.6 Å². The standard InChI is InChI=1S/C11H17Cl2NO3/c12-9(13)1-2-10(16)14-7-11(8-15)3-5-17-6-4-11/h1,15H,2-8H2,(H,14,16). The third-order valence-corrected chi connectivity index (χ3v) is 3.30. The van der Waals surface area contributed by atoms with Crippen LogP contribution in [0.25, 0.3) is 0 Å². The number of hydrogen-bond acceptors (Lipinski definition) is 3. The Kier molecular flexibility index (Phi) is 6.27. The molecule has 1 aliphatic heterocycles. The molecular formula is C11H17Cl2NO3. The zero-order chi connectivity index (χ0) is 12.7. The van der Waals surface area contributed by atoms with E-state index < -0.39 is 0 Å². The van der Waals surface area contributed by atoms with Gasteiger partial charge in [0.15, 0.2) is 0 Å². The first-order chi connectivity index (χ1) is 8.08. The summed E-state index contributed by atoms with van der Waals surface area (Å²) in [5.41, 5.74) is -0.248. The number of carbonyl (C=O) groups excluding carboxylic acids is 1. The first-order valence-corrected chi connectivity index (χ1v) is 6.30. The fraction of sp³-hybridized carbons (Fsp3) is 0.727. The van der Waals surface area contributed by atoms with Crippen LogP contribution in [0.2, 0.25) is 0 Å². The Bertz CT molecular complexity index is 284. The second kappa shape index (κ2) is 7.21. The lowest BCUT2D eigenvalue weighted by Crippen LogP contribution is -2.43. The maximum Gasteiger partial charge on any atom is 0.223 e. The summed E-state index contributed by atoms with van der Waals surface area (Å²) in [6.45, 7) is 1.77. The van der Waals surface area contributed by atoms with Crippen LogP contribution in [0.5, 0.6) is 0 Å². The van der Waals surface area contributed by atoms with Crippen LogP contribution in [-0.2, 0) is 9.53 Å². The van der Waals surface area contributed by atoms with E-state index in [4.69, 9.17) is 27.9 Å². The Labute approximate surface area is 111 Å². The third-order valence-electron chi connectivity index (χ3n) is 2.99. The Morgan fingerprint density at radius 2 is 2.06 bits per heavy atom. The molecule has 1 heterocycles. The summed E-state index contributed by atoms with van der Waals surface area (Å²) in [6, 6.07) is 0. The van der Waals surface area contributed by atoms with Gasteiger partial charge in [-0.25, -0.2) is 0 Å². The number of halogens is 2. The highest BCUT2D eigenvalue weighted by atomic mass is 35.5. The highest BCUT2D eigenvalue weighted by Crippen LogP contribution is 2.28. The Morgan fingerprint density at radius 3 is 2.59 bits per heavy atom. The molecule has 0 aromatic carbocycles. The Morgan fingerprint density at radius 1 is 1.41 bits per heavy atom. The summed E-state index contributed by atoms with van der Waals surface area (Å²) in [5, 5.41) is 12.2. The van der Waals surface area contributed by atoms with Gasteiger partial charge in [-0.2, -0.15) is 0 Å². The number of hydrogen-bond donors (Lipinski definition) is 2. The van der Waals surface area contributed by atoms with E-state index in [9.17, 15) is 9.90 Å². The molecule has 1 aliphatic rings. The second-order valence-corrected chi connectivity index (χ2v) is 5.25.